The molecule has 9 heteroatoms. The van der Waals surface area contributed by atoms with Gasteiger partial charge in [-0.05, 0) is 19.3 Å². The largest absolute Gasteiger partial charge is 0.350 e. The van der Waals surface area contributed by atoms with Crippen molar-refractivity contribution in [3.8, 4) is 11.3 Å². The molecule has 1 amide bonds. The molecular formula is C21H22N8O. The quantitative estimate of drug-likeness (QED) is 0.668. The number of hydrogen-bond acceptors (Lipinski definition) is 6. The first kappa shape index (κ1) is 17.5. The molecule has 1 N–H and O–H groups in total. The van der Waals surface area contributed by atoms with Gasteiger partial charge in [0.15, 0.2) is 0 Å². The van der Waals surface area contributed by atoms with Crippen molar-refractivity contribution in [1.82, 2.24) is 34.8 Å². The molecule has 1 saturated carbocycles. The van der Waals surface area contributed by atoms with E-state index in [4.69, 9.17) is 15.1 Å². The van der Waals surface area contributed by atoms with E-state index >= 15 is 0 Å². The van der Waals surface area contributed by atoms with Crippen LogP contribution in [0, 0.1) is 0 Å². The van der Waals surface area contributed by atoms with Crippen molar-refractivity contribution in [2.75, 3.05) is 0 Å². The fourth-order valence-electron chi connectivity index (χ4n) is 4.23. The predicted molar refractivity (Wildman–Crippen MR) is 109 cm³/mol. The molecule has 1 aliphatic carbocycles. The lowest BCUT2D eigenvalue weighted by Gasteiger charge is -2.07. The summed E-state index contributed by atoms with van der Waals surface area (Å²) in [7, 11) is 1.87. The highest BCUT2D eigenvalue weighted by Gasteiger charge is 2.33. The summed E-state index contributed by atoms with van der Waals surface area (Å²) in [6, 6.07) is 0. The Labute approximate surface area is 173 Å². The fourth-order valence-corrected chi connectivity index (χ4v) is 4.23. The monoisotopic (exact) mass is 402 g/mol. The van der Waals surface area contributed by atoms with Gasteiger partial charge >= 0.3 is 0 Å². The number of hydrogen-bond donors (Lipinski definition) is 1. The number of aromatic nitrogens is 6. The van der Waals surface area contributed by atoms with Crippen LogP contribution in [-0.2, 0) is 31.5 Å². The van der Waals surface area contributed by atoms with Crippen LogP contribution < -0.4 is 5.32 Å². The Morgan fingerprint density at radius 1 is 1.13 bits per heavy atom. The van der Waals surface area contributed by atoms with Gasteiger partial charge in [-0.25, -0.2) is 4.98 Å². The van der Waals surface area contributed by atoms with Crippen LogP contribution >= 0.6 is 0 Å². The summed E-state index contributed by atoms with van der Waals surface area (Å²) in [5.41, 5.74) is 7.20. The van der Waals surface area contributed by atoms with E-state index < -0.39 is 0 Å². The Balaban J connectivity index is 1.51. The molecule has 3 aliphatic rings. The Morgan fingerprint density at radius 2 is 2.03 bits per heavy atom. The van der Waals surface area contributed by atoms with Gasteiger partial charge in [-0.15, -0.1) is 0 Å². The van der Waals surface area contributed by atoms with Gasteiger partial charge in [0.2, 0.25) is 5.91 Å². The zero-order valence-electron chi connectivity index (χ0n) is 16.8. The molecule has 0 radical (unpaired) electrons. The molecule has 0 atom stereocenters. The van der Waals surface area contributed by atoms with Crippen molar-refractivity contribution in [2.24, 2.45) is 12.0 Å². The number of fused-ring (bicyclic) bond motifs is 6. The van der Waals surface area contributed by atoms with Crippen molar-refractivity contribution in [3.63, 3.8) is 0 Å². The first-order valence-corrected chi connectivity index (χ1v) is 10.4. The van der Waals surface area contributed by atoms with Crippen LogP contribution in [0.15, 0.2) is 23.6 Å². The number of aliphatic imine (C=N–C) groups is 1. The molecule has 30 heavy (non-hydrogen) atoms. The molecule has 3 aromatic rings. The zero-order valence-corrected chi connectivity index (χ0v) is 16.8. The van der Waals surface area contributed by atoms with Crippen LogP contribution in [0.3, 0.4) is 0 Å². The molecule has 4 bridgehead atoms. The molecule has 3 aromatic heterocycles. The molecule has 9 nitrogen and oxygen atoms in total. The van der Waals surface area contributed by atoms with E-state index in [2.05, 4.69) is 21.6 Å². The minimum Gasteiger partial charge on any atom is -0.350 e. The van der Waals surface area contributed by atoms with Crippen molar-refractivity contribution >= 4 is 11.6 Å². The van der Waals surface area contributed by atoms with Crippen LogP contribution in [0.5, 0.6) is 0 Å². The van der Waals surface area contributed by atoms with E-state index in [1.54, 1.807) is 10.9 Å². The van der Waals surface area contributed by atoms with Gasteiger partial charge in [-0.2, -0.15) is 10.2 Å². The number of rotatable bonds is 1. The van der Waals surface area contributed by atoms with E-state index in [0.29, 0.717) is 32.0 Å². The van der Waals surface area contributed by atoms with Gasteiger partial charge < -0.3 is 5.32 Å². The predicted octanol–water partition coefficient (Wildman–Crippen LogP) is 1.71. The van der Waals surface area contributed by atoms with Crippen molar-refractivity contribution in [3.05, 3.63) is 46.9 Å². The molecule has 1 fully saturated rings. The molecule has 5 heterocycles. The van der Waals surface area contributed by atoms with Gasteiger partial charge in [-0.3, -0.25) is 24.1 Å². The summed E-state index contributed by atoms with van der Waals surface area (Å²) < 4.78 is 3.71. The molecule has 0 saturated heterocycles. The first-order chi connectivity index (χ1) is 14.7. The number of carbonyl (C=O) groups excluding carboxylic acids is 1. The van der Waals surface area contributed by atoms with Crippen LogP contribution in [0.1, 0.15) is 59.9 Å². The van der Waals surface area contributed by atoms with Crippen molar-refractivity contribution in [2.45, 2.75) is 51.2 Å². The summed E-state index contributed by atoms with van der Waals surface area (Å²) in [4.78, 5) is 26.8. The van der Waals surface area contributed by atoms with Gasteiger partial charge in [0.1, 0.15) is 5.69 Å². The zero-order chi connectivity index (χ0) is 20.2. The Morgan fingerprint density at radius 3 is 2.90 bits per heavy atom. The molecule has 0 aromatic carbocycles. The summed E-state index contributed by atoms with van der Waals surface area (Å²) in [6.45, 7) is 1.61. The number of nitrogens with one attached hydrogen (secondary N) is 1. The summed E-state index contributed by atoms with van der Waals surface area (Å²) in [5.74, 6) is 0.512. The maximum Gasteiger partial charge on any atom is 0.220 e. The topological polar surface area (TPSA) is 103 Å². The second-order valence-electron chi connectivity index (χ2n) is 8.22. The Hall–Kier alpha value is -3.36. The average molecular weight is 402 g/mol. The van der Waals surface area contributed by atoms with Gasteiger partial charge in [0.05, 0.1) is 47.8 Å². The number of aryl methyl sites for hydroxylation is 2. The fraction of sp³-hybridized carbons (Fsp3) is 0.429. The third-order valence-electron chi connectivity index (χ3n) is 5.89. The number of carbonyl (C=O) groups is 1. The van der Waals surface area contributed by atoms with E-state index in [9.17, 15) is 4.79 Å². The second kappa shape index (κ2) is 6.58. The van der Waals surface area contributed by atoms with Crippen LogP contribution in [0.25, 0.3) is 11.3 Å². The lowest BCUT2D eigenvalue weighted by molar-refractivity contribution is -0.121. The van der Waals surface area contributed by atoms with Crippen LogP contribution in [0.2, 0.25) is 0 Å². The SMILES string of the molecule is Cn1cc2c(n1)CNC(=O)CCCn1cc(c(C3CC3)n1)C1=NCc3ncc-2nc31. The van der Waals surface area contributed by atoms with E-state index in [1.807, 2.05) is 17.9 Å². The van der Waals surface area contributed by atoms with Gasteiger partial charge in [-0.1, -0.05) is 0 Å². The summed E-state index contributed by atoms with van der Waals surface area (Å²) in [6.07, 6.45) is 9.29. The minimum absolute atomic E-state index is 0.0155. The number of nitrogens with zero attached hydrogens (tertiary/aromatic N) is 7. The van der Waals surface area contributed by atoms with E-state index in [0.717, 1.165) is 64.6 Å². The normalized spacial score (nSPS) is 18.3. The van der Waals surface area contributed by atoms with Crippen LogP contribution in [-0.4, -0.2) is 41.1 Å². The smallest absolute Gasteiger partial charge is 0.220 e. The van der Waals surface area contributed by atoms with E-state index in [1.165, 1.54) is 0 Å². The second-order valence-corrected chi connectivity index (χ2v) is 8.22. The Kier molecular flexibility index (Phi) is 3.84. The van der Waals surface area contributed by atoms with Crippen molar-refractivity contribution < 1.29 is 4.79 Å². The summed E-state index contributed by atoms with van der Waals surface area (Å²) in [5, 5.41) is 12.4. The minimum atomic E-state index is 0.0155. The molecule has 2 aliphatic heterocycles. The third-order valence-corrected chi connectivity index (χ3v) is 5.89. The Bertz CT molecular complexity index is 1200. The maximum absolute atomic E-state index is 12.3. The summed E-state index contributed by atoms with van der Waals surface area (Å²) >= 11 is 0. The van der Waals surface area contributed by atoms with Gasteiger partial charge in [0.25, 0.3) is 0 Å². The maximum atomic E-state index is 12.3. The average Bonchev–Trinajstić information content (AvgIpc) is 3.19. The molecule has 152 valence electrons. The lowest BCUT2D eigenvalue weighted by Crippen LogP contribution is -2.23. The lowest BCUT2D eigenvalue weighted by atomic mass is 10.0. The van der Waals surface area contributed by atoms with E-state index in [-0.39, 0.29) is 5.91 Å². The molecule has 0 spiro atoms. The highest BCUT2D eigenvalue weighted by Crippen LogP contribution is 2.42. The first-order valence-electron chi connectivity index (χ1n) is 10.4. The highest BCUT2D eigenvalue weighted by molar-refractivity contribution is 6.14. The van der Waals surface area contributed by atoms with Crippen molar-refractivity contribution in [1.29, 1.82) is 0 Å². The molecule has 0 unspecified atom stereocenters. The third kappa shape index (κ3) is 2.92. The van der Waals surface area contributed by atoms with Crippen LogP contribution in [0.4, 0.5) is 0 Å². The molecule has 6 rings (SSSR count). The number of amides is 1. The highest BCUT2D eigenvalue weighted by atomic mass is 16.1. The molecular weight excluding hydrogens is 380 g/mol. The van der Waals surface area contributed by atoms with Gasteiger partial charge in [0, 0.05) is 49.5 Å². The standard InChI is InChI=1S/C21H22N8O/c1-28-10-13-15-7-22-17-9-24-20(21(17)25-15)14-11-29(27-19(14)12-4-5-12)6-2-3-18(30)23-8-16(13)26-28/h7,10-12H,2-6,8-9H2,1H3,(H,23,30).